The number of aliphatic hydroxyl groups is 1. The van der Waals surface area contributed by atoms with Crippen molar-refractivity contribution in [3.05, 3.63) is 29.3 Å². The lowest BCUT2D eigenvalue weighted by molar-refractivity contribution is -0.0939. The Labute approximate surface area is 148 Å². The van der Waals surface area contributed by atoms with Crippen LogP contribution in [-0.2, 0) is 9.26 Å². The predicted molar refractivity (Wildman–Crippen MR) is 92.8 cm³/mol. The van der Waals surface area contributed by atoms with Gasteiger partial charge in [-0.25, -0.2) is 4.39 Å². The molecule has 7 atom stereocenters. The number of halogens is 2. The molecule has 1 saturated carbocycles. The predicted octanol–water partition coefficient (Wildman–Crippen LogP) is 3.76. The first kappa shape index (κ1) is 18.3. The number of alkyl halides is 1. The van der Waals surface area contributed by atoms with E-state index in [9.17, 15) is 9.50 Å². The van der Waals surface area contributed by atoms with Gasteiger partial charge in [-0.05, 0) is 42.9 Å². The van der Waals surface area contributed by atoms with Crippen LogP contribution in [0.3, 0.4) is 0 Å². The van der Waals surface area contributed by atoms with Gasteiger partial charge in [0.25, 0.3) is 0 Å². The molecule has 4 nitrogen and oxygen atoms in total. The number of hydrogen-bond acceptors (Lipinski definition) is 4. The number of rotatable bonds is 7. The fourth-order valence-corrected chi connectivity index (χ4v) is 4.35. The number of ether oxygens (including phenoxy) is 2. The molecule has 134 valence electrons. The molecule has 1 aromatic carbocycles. The summed E-state index contributed by atoms with van der Waals surface area (Å²) in [5, 5.41) is 10.2. The molecular formula is C17H23ClFO4P. The van der Waals surface area contributed by atoms with Crippen LogP contribution in [0.15, 0.2) is 24.3 Å². The highest BCUT2D eigenvalue weighted by atomic mass is 35.5. The minimum absolute atomic E-state index is 0.00663. The van der Waals surface area contributed by atoms with Crippen molar-refractivity contribution in [2.75, 3.05) is 6.61 Å². The van der Waals surface area contributed by atoms with Gasteiger partial charge in [0.1, 0.15) is 18.5 Å². The SMILES string of the molecule is OC1C[C@H]2C(CC(OP)[C@@H]2CCC(F)COc2cccc(Cl)c2)O1. The number of aliphatic hydroxyl groups excluding tert-OH is 1. The average molecular weight is 377 g/mol. The fraction of sp³-hybridized carbons (Fsp3) is 0.647. The van der Waals surface area contributed by atoms with Crippen molar-refractivity contribution in [1.29, 1.82) is 0 Å². The monoisotopic (exact) mass is 376 g/mol. The summed E-state index contributed by atoms with van der Waals surface area (Å²) in [5.74, 6) is 1.02. The lowest BCUT2D eigenvalue weighted by Gasteiger charge is -2.23. The van der Waals surface area contributed by atoms with Crippen molar-refractivity contribution < 1.29 is 23.5 Å². The van der Waals surface area contributed by atoms with E-state index in [2.05, 4.69) is 9.47 Å². The van der Waals surface area contributed by atoms with Gasteiger partial charge in [0, 0.05) is 27.3 Å². The van der Waals surface area contributed by atoms with E-state index in [-0.39, 0.29) is 30.7 Å². The molecule has 1 aliphatic heterocycles. The Hall–Kier alpha value is -0.450. The van der Waals surface area contributed by atoms with Gasteiger partial charge in [-0.1, -0.05) is 17.7 Å². The van der Waals surface area contributed by atoms with Crippen molar-refractivity contribution >= 4 is 21.1 Å². The van der Waals surface area contributed by atoms with Gasteiger partial charge in [-0.3, -0.25) is 0 Å². The Balaban J connectivity index is 1.47. The maximum Gasteiger partial charge on any atom is 0.155 e. The second kappa shape index (κ2) is 8.29. The molecule has 1 N–H and O–H groups in total. The lowest BCUT2D eigenvalue weighted by atomic mass is 9.87. The third-order valence-corrected chi connectivity index (χ3v) is 5.57. The molecule has 3 rings (SSSR count). The Bertz CT molecular complexity index is 549. The second-order valence-corrected chi connectivity index (χ2v) is 7.25. The quantitative estimate of drug-likeness (QED) is 0.736. The first-order valence-electron chi connectivity index (χ1n) is 8.28. The maximum atomic E-state index is 14.2. The summed E-state index contributed by atoms with van der Waals surface area (Å²) >= 11 is 5.88. The second-order valence-electron chi connectivity index (χ2n) is 6.55. The topological polar surface area (TPSA) is 47.9 Å². The molecule has 2 fully saturated rings. The van der Waals surface area contributed by atoms with Crippen molar-refractivity contribution in [3.8, 4) is 5.75 Å². The van der Waals surface area contributed by atoms with E-state index in [0.29, 0.717) is 30.0 Å². The Morgan fingerprint density at radius 3 is 3.00 bits per heavy atom. The van der Waals surface area contributed by atoms with Gasteiger partial charge in [-0.2, -0.15) is 0 Å². The highest BCUT2D eigenvalue weighted by Crippen LogP contribution is 2.46. The molecule has 0 spiro atoms. The van der Waals surface area contributed by atoms with Crippen molar-refractivity contribution in [3.63, 3.8) is 0 Å². The van der Waals surface area contributed by atoms with Crippen LogP contribution in [0.4, 0.5) is 4.39 Å². The third kappa shape index (κ3) is 4.39. The van der Waals surface area contributed by atoms with Crippen molar-refractivity contribution in [1.82, 2.24) is 0 Å². The van der Waals surface area contributed by atoms with Crippen LogP contribution in [0.5, 0.6) is 5.75 Å². The lowest BCUT2D eigenvalue weighted by Crippen LogP contribution is -2.23. The van der Waals surface area contributed by atoms with Crippen LogP contribution in [0.2, 0.25) is 5.02 Å². The van der Waals surface area contributed by atoms with E-state index in [4.69, 9.17) is 25.6 Å². The van der Waals surface area contributed by atoms with Crippen LogP contribution >= 0.6 is 21.1 Å². The van der Waals surface area contributed by atoms with E-state index in [1.54, 1.807) is 24.3 Å². The standard InChI is InChI=1S/C17H23ClFO4P/c18-10-2-1-3-12(6-10)21-9-11(19)4-5-13-14-7-17(20)22-15(14)8-16(13)23-24/h1-3,6,11,13-17,20H,4-5,7-9,24H2/t11?,13-,14-,15?,16?,17?/m1/s1. The molecule has 0 radical (unpaired) electrons. The molecule has 5 unspecified atom stereocenters. The van der Waals surface area contributed by atoms with Crippen LogP contribution in [0.1, 0.15) is 25.7 Å². The highest BCUT2D eigenvalue weighted by molar-refractivity contribution is 7.09. The number of fused-ring (bicyclic) bond motifs is 1. The normalized spacial score (nSPS) is 33.4. The molecule has 7 heteroatoms. The van der Waals surface area contributed by atoms with Crippen molar-refractivity contribution in [2.45, 2.75) is 50.4 Å². The first-order chi connectivity index (χ1) is 11.6. The molecule has 0 aromatic heterocycles. The zero-order valence-electron chi connectivity index (χ0n) is 13.3. The van der Waals surface area contributed by atoms with E-state index < -0.39 is 12.5 Å². The largest absolute Gasteiger partial charge is 0.491 e. The Morgan fingerprint density at radius 1 is 1.42 bits per heavy atom. The molecule has 1 aromatic rings. The van der Waals surface area contributed by atoms with Gasteiger partial charge >= 0.3 is 0 Å². The summed E-state index contributed by atoms with van der Waals surface area (Å²) in [6.07, 6.45) is 0.767. The van der Waals surface area contributed by atoms with E-state index in [1.807, 2.05) is 0 Å². The summed E-state index contributed by atoms with van der Waals surface area (Å²) in [7, 11) is 2.30. The highest BCUT2D eigenvalue weighted by Gasteiger charge is 2.49. The minimum atomic E-state index is -1.06. The summed E-state index contributed by atoms with van der Waals surface area (Å²) < 4.78 is 30.6. The van der Waals surface area contributed by atoms with Crippen LogP contribution in [0.25, 0.3) is 0 Å². The van der Waals surface area contributed by atoms with Gasteiger partial charge < -0.3 is 19.1 Å². The summed E-state index contributed by atoms with van der Waals surface area (Å²) in [5.41, 5.74) is 0. The van der Waals surface area contributed by atoms with Crippen molar-refractivity contribution in [2.24, 2.45) is 11.8 Å². The van der Waals surface area contributed by atoms with E-state index in [1.165, 1.54) is 0 Å². The molecule has 24 heavy (non-hydrogen) atoms. The molecule has 1 saturated heterocycles. The summed E-state index contributed by atoms with van der Waals surface area (Å²) in [6, 6.07) is 6.95. The van der Waals surface area contributed by atoms with Crippen LogP contribution in [-0.4, -0.2) is 36.4 Å². The van der Waals surface area contributed by atoms with Crippen LogP contribution < -0.4 is 4.74 Å². The molecular weight excluding hydrogens is 354 g/mol. The fourth-order valence-electron chi connectivity index (χ4n) is 3.86. The van der Waals surface area contributed by atoms with Gasteiger partial charge in [0.15, 0.2) is 6.29 Å². The van der Waals surface area contributed by atoms with Crippen LogP contribution in [0, 0.1) is 11.8 Å². The molecule has 1 aliphatic carbocycles. The Morgan fingerprint density at radius 2 is 2.25 bits per heavy atom. The van der Waals surface area contributed by atoms with E-state index >= 15 is 0 Å². The number of benzene rings is 1. The van der Waals surface area contributed by atoms with E-state index in [0.717, 1.165) is 6.42 Å². The summed E-state index contributed by atoms with van der Waals surface area (Å²) in [6.45, 7) is 0.00663. The Kier molecular flexibility index (Phi) is 6.33. The zero-order valence-corrected chi connectivity index (χ0v) is 15.2. The number of hydrogen-bond donors (Lipinski definition) is 1. The zero-order chi connectivity index (χ0) is 17.1. The van der Waals surface area contributed by atoms with Gasteiger partial charge in [-0.15, -0.1) is 0 Å². The first-order valence-corrected chi connectivity index (χ1v) is 9.13. The van der Waals surface area contributed by atoms with Gasteiger partial charge in [0.05, 0.1) is 12.2 Å². The third-order valence-electron chi connectivity index (χ3n) is 4.99. The molecule has 1 heterocycles. The molecule has 0 bridgehead atoms. The minimum Gasteiger partial charge on any atom is -0.491 e. The maximum absolute atomic E-state index is 14.2. The molecule has 0 amide bonds. The molecule has 2 aliphatic rings. The average Bonchev–Trinajstić information content (AvgIpc) is 3.06. The smallest absolute Gasteiger partial charge is 0.155 e. The van der Waals surface area contributed by atoms with Gasteiger partial charge in [0.2, 0.25) is 0 Å². The summed E-state index contributed by atoms with van der Waals surface area (Å²) in [4.78, 5) is 0.